The molecular formula is C13H16N2O. The van der Waals surface area contributed by atoms with Gasteiger partial charge in [-0.1, -0.05) is 30.3 Å². The van der Waals surface area contributed by atoms with Crippen molar-refractivity contribution in [1.82, 2.24) is 10.2 Å². The van der Waals surface area contributed by atoms with Gasteiger partial charge in [-0.25, -0.2) is 0 Å². The molecule has 0 bridgehead atoms. The van der Waals surface area contributed by atoms with Crippen LogP contribution in [0.25, 0.3) is 0 Å². The highest BCUT2D eigenvalue weighted by molar-refractivity contribution is 5.89. The van der Waals surface area contributed by atoms with Crippen LogP contribution in [0.3, 0.4) is 0 Å². The Balaban J connectivity index is 2.21. The molecule has 1 aliphatic rings. The van der Waals surface area contributed by atoms with Crippen LogP contribution in [-0.2, 0) is 4.79 Å². The van der Waals surface area contributed by atoms with Crippen LogP contribution in [-0.4, -0.2) is 24.9 Å². The topological polar surface area (TPSA) is 32.3 Å². The van der Waals surface area contributed by atoms with Gasteiger partial charge in [-0.2, -0.15) is 0 Å². The van der Waals surface area contributed by atoms with E-state index in [0.717, 1.165) is 17.7 Å². The average molecular weight is 216 g/mol. The van der Waals surface area contributed by atoms with Gasteiger partial charge in [-0.3, -0.25) is 4.79 Å². The molecule has 0 aliphatic carbocycles. The van der Waals surface area contributed by atoms with Crippen molar-refractivity contribution < 1.29 is 4.79 Å². The van der Waals surface area contributed by atoms with Gasteiger partial charge in [0.1, 0.15) is 0 Å². The van der Waals surface area contributed by atoms with Crippen LogP contribution in [0.1, 0.15) is 18.0 Å². The first kappa shape index (κ1) is 10.7. The smallest absolute Gasteiger partial charge is 0.246 e. The molecule has 1 N–H and O–H groups in total. The van der Waals surface area contributed by atoms with E-state index in [9.17, 15) is 4.79 Å². The van der Waals surface area contributed by atoms with Crippen molar-refractivity contribution in [3.63, 3.8) is 0 Å². The minimum Gasteiger partial charge on any atom is -0.381 e. The zero-order chi connectivity index (χ0) is 11.5. The monoisotopic (exact) mass is 216 g/mol. The summed E-state index contributed by atoms with van der Waals surface area (Å²) in [5, 5.41) is 2.98. The Hall–Kier alpha value is -1.77. The highest BCUT2D eigenvalue weighted by Gasteiger charge is 2.21. The van der Waals surface area contributed by atoms with Crippen LogP contribution in [0.4, 0.5) is 0 Å². The molecule has 0 fully saturated rings. The molecule has 1 aromatic carbocycles. The molecule has 2 rings (SSSR count). The van der Waals surface area contributed by atoms with E-state index in [0.29, 0.717) is 0 Å². The molecule has 1 unspecified atom stereocenters. The predicted octanol–water partition coefficient (Wildman–Crippen LogP) is 1.69. The van der Waals surface area contributed by atoms with Crippen LogP contribution in [0.15, 0.2) is 42.1 Å². The lowest BCUT2D eigenvalue weighted by molar-refractivity contribution is -0.117. The van der Waals surface area contributed by atoms with Crippen LogP contribution in [0, 0.1) is 0 Å². The molecule has 0 aromatic heterocycles. The van der Waals surface area contributed by atoms with Gasteiger partial charge in [0.05, 0.1) is 6.04 Å². The number of carbonyl (C=O) groups excluding carboxylic acids is 1. The Bertz CT molecular complexity index is 409. The summed E-state index contributed by atoms with van der Waals surface area (Å²) in [5.41, 5.74) is 2.22. The van der Waals surface area contributed by atoms with Gasteiger partial charge >= 0.3 is 0 Å². The van der Waals surface area contributed by atoms with E-state index in [4.69, 9.17) is 0 Å². The number of carbonyl (C=O) groups is 1. The molecule has 1 aromatic rings. The third-order valence-corrected chi connectivity index (χ3v) is 2.80. The Labute approximate surface area is 95.8 Å². The first-order valence-corrected chi connectivity index (χ1v) is 5.40. The summed E-state index contributed by atoms with van der Waals surface area (Å²) in [7, 11) is 3.93. The van der Waals surface area contributed by atoms with E-state index >= 15 is 0 Å². The molecule has 0 radical (unpaired) electrons. The second-order valence-electron chi connectivity index (χ2n) is 4.21. The van der Waals surface area contributed by atoms with E-state index in [-0.39, 0.29) is 11.9 Å². The summed E-state index contributed by atoms with van der Waals surface area (Å²) in [4.78, 5) is 13.5. The van der Waals surface area contributed by atoms with Crippen molar-refractivity contribution in [2.75, 3.05) is 14.1 Å². The van der Waals surface area contributed by atoms with Crippen molar-refractivity contribution >= 4 is 5.91 Å². The fourth-order valence-corrected chi connectivity index (χ4v) is 1.88. The van der Waals surface area contributed by atoms with Gasteiger partial charge in [0.25, 0.3) is 0 Å². The molecule has 84 valence electrons. The predicted molar refractivity (Wildman–Crippen MR) is 63.7 cm³/mol. The van der Waals surface area contributed by atoms with E-state index in [2.05, 4.69) is 5.32 Å². The number of hydrogen-bond donors (Lipinski definition) is 1. The van der Waals surface area contributed by atoms with Gasteiger partial charge in [0.15, 0.2) is 0 Å². The molecule has 1 atom stereocenters. The first-order valence-electron chi connectivity index (χ1n) is 5.40. The van der Waals surface area contributed by atoms with Crippen molar-refractivity contribution in [1.29, 1.82) is 0 Å². The summed E-state index contributed by atoms with van der Waals surface area (Å²) < 4.78 is 0. The Morgan fingerprint density at radius 3 is 2.56 bits per heavy atom. The summed E-state index contributed by atoms with van der Waals surface area (Å²) in [5.74, 6) is -0.0104. The molecule has 1 amide bonds. The fourth-order valence-electron chi connectivity index (χ4n) is 1.88. The van der Waals surface area contributed by atoms with Gasteiger partial charge in [-0.15, -0.1) is 0 Å². The average Bonchev–Trinajstić information content (AvgIpc) is 2.29. The molecule has 0 saturated carbocycles. The van der Waals surface area contributed by atoms with Crippen molar-refractivity contribution in [2.45, 2.75) is 12.5 Å². The largest absolute Gasteiger partial charge is 0.381 e. The Kier molecular flexibility index (Phi) is 2.95. The fraction of sp³-hybridized carbons (Fsp3) is 0.308. The molecule has 3 heteroatoms. The zero-order valence-corrected chi connectivity index (χ0v) is 9.60. The van der Waals surface area contributed by atoms with Gasteiger partial charge < -0.3 is 10.2 Å². The maximum absolute atomic E-state index is 11.5. The lowest BCUT2D eigenvalue weighted by Crippen LogP contribution is -2.34. The van der Waals surface area contributed by atoms with Gasteiger partial charge in [-0.05, 0) is 5.56 Å². The van der Waals surface area contributed by atoms with E-state index in [1.807, 2.05) is 49.3 Å². The Morgan fingerprint density at radius 2 is 1.94 bits per heavy atom. The number of hydrogen-bond acceptors (Lipinski definition) is 2. The first-order chi connectivity index (χ1) is 7.66. The lowest BCUT2D eigenvalue weighted by Gasteiger charge is -2.28. The Morgan fingerprint density at radius 1 is 1.25 bits per heavy atom. The SMILES string of the molecule is CN(C)C1=CC(=O)NC(c2ccccc2)C1. The van der Waals surface area contributed by atoms with Crippen molar-refractivity contribution in [2.24, 2.45) is 0 Å². The van der Waals surface area contributed by atoms with Crippen LogP contribution in [0.5, 0.6) is 0 Å². The summed E-state index contributed by atoms with van der Waals surface area (Å²) in [6.07, 6.45) is 2.52. The molecule has 0 saturated heterocycles. The van der Waals surface area contributed by atoms with E-state index < -0.39 is 0 Å². The van der Waals surface area contributed by atoms with Crippen LogP contribution in [0.2, 0.25) is 0 Å². The molecule has 1 heterocycles. The summed E-state index contributed by atoms with van der Waals surface area (Å²) in [6, 6.07) is 10.2. The van der Waals surface area contributed by atoms with Crippen molar-refractivity contribution in [3.05, 3.63) is 47.7 Å². The third kappa shape index (κ3) is 2.24. The van der Waals surface area contributed by atoms with Crippen LogP contribution < -0.4 is 5.32 Å². The minimum absolute atomic E-state index is 0.0104. The number of rotatable bonds is 2. The lowest BCUT2D eigenvalue weighted by atomic mass is 9.99. The molecule has 3 nitrogen and oxygen atoms in total. The highest BCUT2D eigenvalue weighted by atomic mass is 16.1. The van der Waals surface area contributed by atoms with Crippen LogP contribution >= 0.6 is 0 Å². The maximum Gasteiger partial charge on any atom is 0.246 e. The molecule has 16 heavy (non-hydrogen) atoms. The van der Waals surface area contributed by atoms with E-state index in [1.165, 1.54) is 0 Å². The normalized spacial score (nSPS) is 20.0. The minimum atomic E-state index is -0.0104. The van der Waals surface area contributed by atoms with E-state index in [1.54, 1.807) is 6.08 Å². The van der Waals surface area contributed by atoms with Crippen molar-refractivity contribution in [3.8, 4) is 0 Å². The summed E-state index contributed by atoms with van der Waals surface area (Å²) >= 11 is 0. The maximum atomic E-state index is 11.5. The number of amides is 1. The molecular weight excluding hydrogens is 200 g/mol. The number of benzene rings is 1. The second-order valence-corrected chi connectivity index (χ2v) is 4.21. The second kappa shape index (κ2) is 4.39. The zero-order valence-electron chi connectivity index (χ0n) is 9.60. The number of nitrogens with one attached hydrogen (secondary N) is 1. The van der Waals surface area contributed by atoms with Gasteiger partial charge in [0, 0.05) is 32.3 Å². The quantitative estimate of drug-likeness (QED) is 0.816. The molecule has 1 aliphatic heterocycles. The third-order valence-electron chi connectivity index (χ3n) is 2.80. The summed E-state index contributed by atoms with van der Waals surface area (Å²) in [6.45, 7) is 0. The molecule has 0 spiro atoms. The highest BCUT2D eigenvalue weighted by Crippen LogP contribution is 2.24. The number of nitrogens with zero attached hydrogens (tertiary/aromatic N) is 1. The van der Waals surface area contributed by atoms with Gasteiger partial charge in [0.2, 0.25) is 5.91 Å². The standard InChI is InChI=1S/C13H16N2O/c1-15(2)11-8-12(14-13(16)9-11)10-6-4-3-5-7-10/h3-7,9,12H,8H2,1-2H3,(H,14,16).